The number of fused-ring (bicyclic) bond motifs is 1. The number of halogens is 1. The molecule has 1 fully saturated rings. The number of H-pyrrole nitrogens is 2. The zero-order valence-electron chi connectivity index (χ0n) is 13.8. The van der Waals surface area contributed by atoms with E-state index in [2.05, 4.69) is 30.0 Å². The number of nitrogens with zero attached hydrogens (tertiary/aromatic N) is 5. The summed E-state index contributed by atoms with van der Waals surface area (Å²) < 4.78 is 15.2. The maximum Gasteiger partial charge on any atom is 0.325 e. The van der Waals surface area contributed by atoms with Gasteiger partial charge in [0.05, 0.1) is 17.5 Å². The van der Waals surface area contributed by atoms with Crippen LogP contribution in [0.15, 0.2) is 46.8 Å². The molecule has 0 aromatic carbocycles. The van der Waals surface area contributed by atoms with Crippen LogP contribution in [-0.2, 0) is 0 Å². The monoisotopic (exact) mass is 365 g/mol. The van der Waals surface area contributed by atoms with Crippen molar-refractivity contribution in [1.29, 1.82) is 0 Å². The van der Waals surface area contributed by atoms with Gasteiger partial charge in [0.15, 0.2) is 5.65 Å². The molecular weight excluding hydrogens is 353 g/mol. The molecule has 0 amide bonds. The summed E-state index contributed by atoms with van der Waals surface area (Å²) in [5.74, 6) is -0.350. The van der Waals surface area contributed by atoms with Gasteiger partial charge in [-0.2, -0.15) is 14.0 Å². The molecule has 2 atom stereocenters. The van der Waals surface area contributed by atoms with E-state index in [9.17, 15) is 14.0 Å². The van der Waals surface area contributed by atoms with Crippen LogP contribution in [0.1, 0.15) is 29.4 Å². The standard InChI is InChI=1S/C17H12FN7O2/c18-14-6-21-15-11(10-1-9(10)8-3-19-7-20-4-8)2-13(24-25(14)15)12-5-22-17(27)23-16(12)26/h2-7,9-10H,1H2,(H2,22,23,26,27)/t9-,10+/m1/s1. The fraction of sp³-hybridized carbons (Fsp3) is 0.176. The van der Waals surface area contributed by atoms with Gasteiger partial charge in [-0.1, -0.05) is 0 Å². The molecule has 1 aliphatic rings. The topological polar surface area (TPSA) is 122 Å². The lowest BCUT2D eigenvalue weighted by Crippen LogP contribution is -2.23. The van der Waals surface area contributed by atoms with Crippen LogP contribution in [0, 0.1) is 5.95 Å². The Hall–Kier alpha value is -3.69. The SMILES string of the molecule is O=c1[nH]cc(-c2cc([C@H]3C[C@@H]3c3cncnc3)c3ncc(F)n3n2)c(=O)[nH]1. The summed E-state index contributed by atoms with van der Waals surface area (Å²) in [6.45, 7) is 0. The average molecular weight is 365 g/mol. The van der Waals surface area contributed by atoms with Gasteiger partial charge >= 0.3 is 5.69 Å². The largest absolute Gasteiger partial charge is 0.325 e. The van der Waals surface area contributed by atoms with Crippen LogP contribution in [0.3, 0.4) is 0 Å². The first-order valence-electron chi connectivity index (χ1n) is 8.23. The Balaban J connectivity index is 1.66. The summed E-state index contributed by atoms with van der Waals surface area (Å²) in [6, 6.07) is 1.72. The molecule has 4 heterocycles. The highest BCUT2D eigenvalue weighted by molar-refractivity contribution is 5.63. The first-order valence-corrected chi connectivity index (χ1v) is 8.23. The maximum absolute atomic E-state index is 14.2. The van der Waals surface area contributed by atoms with Crippen LogP contribution < -0.4 is 11.2 Å². The summed E-state index contributed by atoms with van der Waals surface area (Å²) in [7, 11) is 0. The molecule has 27 heavy (non-hydrogen) atoms. The molecule has 0 bridgehead atoms. The van der Waals surface area contributed by atoms with E-state index in [-0.39, 0.29) is 23.1 Å². The predicted molar refractivity (Wildman–Crippen MR) is 91.8 cm³/mol. The number of hydrogen-bond donors (Lipinski definition) is 2. The molecule has 1 aliphatic carbocycles. The molecule has 134 valence electrons. The minimum Gasteiger partial charge on any atom is -0.313 e. The van der Waals surface area contributed by atoms with Gasteiger partial charge in [0, 0.05) is 24.2 Å². The van der Waals surface area contributed by atoms with Crippen molar-refractivity contribution >= 4 is 5.65 Å². The lowest BCUT2D eigenvalue weighted by atomic mass is 10.1. The van der Waals surface area contributed by atoms with E-state index in [1.807, 2.05) is 0 Å². The highest BCUT2D eigenvalue weighted by Gasteiger charge is 2.42. The molecule has 0 aliphatic heterocycles. The van der Waals surface area contributed by atoms with Crippen molar-refractivity contribution in [3.05, 3.63) is 75.1 Å². The third-order valence-electron chi connectivity index (χ3n) is 4.75. The van der Waals surface area contributed by atoms with Crippen LogP contribution in [0.2, 0.25) is 0 Å². The molecular formula is C17H12FN7O2. The smallest absolute Gasteiger partial charge is 0.313 e. The van der Waals surface area contributed by atoms with Crippen molar-refractivity contribution in [1.82, 2.24) is 34.5 Å². The summed E-state index contributed by atoms with van der Waals surface area (Å²) in [5, 5.41) is 4.18. The quantitative estimate of drug-likeness (QED) is 0.558. The number of aromatic nitrogens is 7. The van der Waals surface area contributed by atoms with E-state index in [4.69, 9.17) is 0 Å². The molecule has 5 rings (SSSR count). The molecule has 0 radical (unpaired) electrons. The number of rotatable bonds is 3. The summed E-state index contributed by atoms with van der Waals surface area (Å²) >= 11 is 0. The third kappa shape index (κ3) is 2.53. The maximum atomic E-state index is 14.2. The van der Waals surface area contributed by atoms with E-state index in [1.165, 1.54) is 12.5 Å². The summed E-state index contributed by atoms with van der Waals surface area (Å²) in [4.78, 5) is 40.2. The van der Waals surface area contributed by atoms with Gasteiger partial charge in [-0.25, -0.2) is 19.7 Å². The van der Waals surface area contributed by atoms with Gasteiger partial charge in [-0.3, -0.25) is 9.78 Å². The van der Waals surface area contributed by atoms with Crippen LogP contribution in [-0.4, -0.2) is 34.5 Å². The van der Waals surface area contributed by atoms with E-state index < -0.39 is 17.2 Å². The second-order valence-corrected chi connectivity index (χ2v) is 6.41. The zero-order chi connectivity index (χ0) is 18.5. The van der Waals surface area contributed by atoms with E-state index in [1.54, 1.807) is 18.5 Å². The molecule has 10 heteroatoms. The van der Waals surface area contributed by atoms with Crippen molar-refractivity contribution < 1.29 is 4.39 Å². The minimum absolute atomic E-state index is 0.0869. The Bertz CT molecular complexity index is 1280. The molecule has 4 aromatic rings. The van der Waals surface area contributed by atoms with Crippen LogP contribution in [0.5, 0.6) is 0 Å². The molecule has 0 spiro atoms. The molecule has 0 unspecified atom stereocenters. The van der Waals surface area contributed by atoms with Crippen LogP contribution >= 0.6 is 0 Å². The number of imidazole rings is 1. The average Bonchev–Trinajstić information content (AvgIpc) is 3.39. The predicted octanol–water partition coefficient (Wildman–Crippen LogP) is 0.973. The van der Waals surface area contributed by atoms with E-state index in [0.717, 1.165) is 28.3 Å². The van der Waals surface area contributed by atoms with Crippen molar-refractivity contribution in [2.75, 3.05) is 0 Å². The lowest BCUT2D eigenvalue weighted by molar-refractivity contribution is 0.549. The van der Waals surface area contributed by atoms with Gasteiger partial charge in [-0.15, -0.1) is 0 Å². The summed E-state index contributed by atoms with van der Waals surface area (Å²) in [5.41, 5.74) is 1.36. The highest BCUT2D eigenvalue weighted by Crippen LogP contribution is 2.55. The molecule has 2 N–H and O–H groups in total. The summed E-state index contributed by atoms with van der Waals surface area (Å²) in [6.07, 6.45) is 8.18. The Kier molecular flexibility index (Phi) is 3.26. The molecule has 1 saturated carbocycles. The number of nitrogens with one attached hydrogen (secondary N) is 2. The third-order valence-corrected chi connectivity index (χ3v) is 4.75. The number of aromatic amines is 2. The van der Waals surface area contributed by atoms with Crippen LogP contribution in [0.25, 0.3) is 16.9 Å². The Morgan fingerprint density at radius 2 is 1.96 bits per heavy atom. The van der Waals surface area contributed by atoms with E-state index >= 15 is 0 Å². The first kappa shape index (κ1) is 15.6. The van der Waals surface area contributed by atoms with Gasteiger partial charge < -0.3 is 4.98 Å². The lowest BCUT2D eigenvalue weighted by Gasteiger charge is -2.07. The molecule has 4 aromatic heterocycles. The zero-order valence-corrected chi connectivity index (χ0v) is 13.8. The second kappa shape index (κ2) is 5.66. The van der Waals surface area contributed by atoms with Crippen molar-refractivity contribution in [2.45, 2.75) is 18.3 Å². The minimum atomic E-state index is -0.630. The fourth-order valence-electron chi connectivity index (χ4n) is 3.38. The fourth-order valence-corrected chi connectivity index (χ4v) is 3.38. The van der Waals surface area contributed by atoms with Gasteiger partial charge in [-0.05, 0) is 29.9 Å². The Labute approximate surface area is 150 Å². The van der Waals surface area contributed by atoms with Gasteiger partial charge in [0.1, 0.15) is 6.33 Å². The second-order valence-electron chi connectivity index (χ2n) is 6.41. The van der Waals surface area contributed by atoms with E-state index in [0.29, 0.717) is 5.65 Å². The van der Waals surface area contributed by atoms with Crippen molar-refractivity contribution in [3.8, 4) is 11.3 Å². The molecule has 0 saturated heterocycles. The van der Waals surface area contributed by atoms with Crippen molar-refractivity contribution in [2.24, 2.45) is 0 Å². The Morgan fingerprint density at radius 3 is 2.74 bits per heavy atom. The normalized spacial score (nSPS) is 18.7. The highest BCUT2D eigenvalue weighted by atomic mass is 19.1. The van der Waals surface area contributed by atoms with Gasteiger partial charge in [0.25, 0.3) is 5.56 Å². The molecule has 9 nitrogen and oxygen atoms in total. The first-order chi connectivity index (χ1) is 13.1. The Morgan fingerprint density at radius 1 is 1.15 bits per heavy atom. The van der Waals surface area contributed by atoms with Gasteiger partial charge in [0.2, 0.25) is 5.95 Å². The van der Waals surface area contributed by atoms with Crippen LogP contribution in [0.4, 0.5) is 4.39 Å². The van der Waals surface area contributed by atoms with Crippen molar-refractivity contribution in [3.63, 3.8) is 0 Å². The number of hydrogen-bond acceptors (Lipinski definition) is 6.